The molecule has 0 saturated carbocycles. The summed E-state index contributed by atoms with van der Waals surface area (Å²) in [4.78, 5) is 11.4. The monoisotopic (exact) mass is 161 g/mol. The summed E-state index contributed by atoms with van der Waals surface area (Å²) < 4.78 is 24.8. The first-order valence-electron chi connectivity index (χ1n) is 5.63. The molecule has 0 rings (SSSR count). The molecule has 0 heterocycles. The molecule has 0 saturated heterocycles. The van der Waals surface area contributed by atoms with Crippen molar-refractivity contribution in [3.63, 3.8) is 0 Å². The normalized spacial score (nSPS) is 15.4. The Morgan fingerprint density at radius 2 is 2.00 bits per heavy atom. The van der Waals surface area contributed by atoms with E-state index in [1.165, 1.54) is 0 Å². The van der Waals surface area contributed by atoms with E-state index in [9.17, 15) is 4.79 Å². The number of carbonyl (C=O) groups excluding carboxylic acids is 1. The second-order valence-corrected chi connectivity index (χ2v) is 2.70. The van der Waals surface area contributed by atoms with E-state index in [0.29, 0.717) is 12.8 Å². The topological polar surface area (TPSA) is 26.3 Å². The Balaban J connectivity index is 4.14. The van der Waals surface area contributed by atoms with Crippen LogP contribution in [0.2, 0.25) is 0 Å². The molecule has 0 aromatic heterocycles. The Bertz CT molecular complexity index is 171. The minimum absolute atomic E-state index is 0.259. The number of carbonyl (C=O) groups is 1. The van der Waals surface area contributed by atoms with Crippen LogP contribution in [0.1, 0.15) is 43.6 Å². The first kappa shape index (κ1) is 6.04. The molecule has 0 radical (unpaired) electrons. The second kappa shape index (κ2) is 6.20. The molecule has 0 bridgehead atoms. The summed E-state index contributed by atoms with van der Waals surface area (Å²) in [6.07, 6.45) is 3.12. The van der Waals surface area contributed by atoms with Gasteiger partial charge in [-0.2, -0.15) is 0 Å². The highest BCUT2D eigenvalue weighted by molar-refractivity contribution is 5.72. The average molecular weight is 161 g/mol. The highest BCUT2D eigenvalue weighted by atomic mass is 16.5. The van der Waals surface area contributed by atoms with Crippen molar-refractivity contribution in [3.05, 3.63) is 0 Å². The summed E-state index contributed by atoms with van der Waals surface area (Å²) in [7, 11) is -2.60. The Morgan fingerprint density at radius 3 is 2.36 bits per heavy atom. The van der Waals surface area contributed by atoms with Crippen molar-refractivity contribution in [2.45, 2.75) is 39.5 Å². The van der Waals surface area contributed by atoms with Crippen molar-refractivity contribution >= 4 is 5.97 Å². The minimum atomic E-state index is -2.60. The molecule has 2 heteroatoms. The lowest BCUT2D eigenvalue weighted by Crippen LogP contribution is -2.15. The Kier molecular flexibility index (Phi) is 3.40. The third-order valence-electron chi connectivity index (χ3n) is 1.71. The summed E-state index contributed by atoms with van der Waals surface area (Å²) in [6.45, 7) is 3.93. The molecule has 0 aliphatic carbocycles. The lowest BCUT2D eigenvalue weighted by molar-refractivity contribution is -0.145. The number of methoxy groups -OCH3 is 1. The maximum Gasteiger partial charge on any atom is 0.308 e. The van der Waals surface area contributed by atoms with Gasteiger partial charge in [-0.15, -0.1) is 0 Å². The van der Waals surface area contributed by atoms with Crippen LogP contribution in [-0.4, -0.2) is 13.0 Å². The Morgan fingerprint density at radius 1 is 1.45 bits per heavy atom. The molecule has 11 heavy (non-hydrogen) atoms. The van der Waals surface area contributed by atoms with Gasteiger partial charge in [0.25, 0.3) is 0 Å². The molecule has 0 aliphatic heterocycles. The maximum absolute atomic E-state index is 11.4. The third-order valence-corrected chi connectivity index (χ3v) is 1.71. The highest BCUT2D eigenvalue weighted by Crippen LogP contribution is 2.14. The van der Waals surface area contributed by atoms with Crippen LogP contribution in [0.3, 0.4) is 0 Å². The molecule has 2 nitrogen and oxygen atoms in total. The number of esters is 1. The lowest BCUT2D eigenvalue weighted by atomic mass is 9.99. The predicted octanol–water partition coefficient (Wildman–Crippen LogP) is 2.38. The Labute approximate surface area is 73.1 Å². The lowest BCUT2D eigenvalue weighted by Gasteiger charge is -2.11. The van der Waals surface area contributed by atoms with E-state index in [2.05, 4.69) is 4.74 Å². The van der Waals surface area contributed by atoms with Crippen LogP contribution in [-0.2, 0) is 9.53 Å². The minimum Gasteiger partial charge on any atom is -0.469 e. The molecule has 0 amide bonds. The molecular formula is C9H18O2. The van der Waals surface area contributed by atoms with Crippen molar-refractivity contribution in [1.82, 2.24) is 0 Å². The van der Waals surface area contributed by atoms with Crippen LogP contribution in [0.5, 0.6) is 0 Å². The zero-order valence-corrected chi connectivity index (χ0v) is 7.22. The van der Waals surface area contributed by atoms with E-state index < -0.39 is 13.0 Å². The van der Waals surface area contributed by atoms with E-state index in [1.54, 1.807) is 0 Å². The van der Waals surface area contributed by atoms with Crippen molar-refractivity contribution in [1.29, 1.82) is 0 Å². The Hall–Kier alpha value is -0.530. The average Bonchev–Trinajstić information content (AvgIpc) is 2.01. The van der Waals surface area contributed by atoms with E-state index in [0.717, 1.165) is 12.8 Å². The van der Waals surface area contributed by atoms with Gasteiger partial charge in [0.05, 0.1) is 17.1 Å². The second-order valence-electron chi connectivity index (χ2n) is 2.70. The molecule has 0 unspecified atom stereocenters. The zero-order valence-electron chi connectivity index (χ0n) is 10.2. The highest BCUT2D eigenvalue weighted by Gasteiger charge is 2.15. The largest absolute Gasteiger partial charge is 0.469 e. The van der Waals surface area contributed by atoms with Crippen molar-refractivity contribution in [3.8, 4) is 0 Å². The molecule has 0 N–H and O–H groups in total. The summed E-state index contributed by atoms with van der Waals surface area (Å²) in [5.41, 5.74) is 0. The molecule has 0 aromatic carbocycles. The van der Waals surface area contributed by atoms with Crippen molar-refractivity contribution in [2.75, 3.05) is 7.04 Å². The smallest absolute Gasteiger partial charge is 0.308 e. The van der Waals surface area contributed by atoms with E-state index in [-0.39, 0.29) is 5.92 Å². The van der Waals surface area contributed by atoms with E-state index in [1.807, 2.05) is 13.8 Å². The van der Waals surface area contributed by atoms with Gasteiger partial charge in [-0.25, -0.2) is 0 Å². The van der Waals surface area contributed by atoms with Gasteiger partial charge in [0, 0.05) is 0 Å². The van der Waals surface area contributed by atoms with Gasteiger partial charge in [0.2, 0.25) is 0 Å². The van der Waals surface area contributed by atoms with Crippen molar-refractivity contribution in [2.24, 2.45) is 5.92 Å². The van der Waals surface area contributed by atoms with E-state index in [4.69, 9.17) is 4.11 Å². The molecule has 0 atom stereocenters. The molecule has 0 fully saturated rings. The van der Waals surface area contributed by atoms with E-state index >= 15 is 0 Å². The maximum atomic E-state index is 11.4. The third kappa shape index (κ3) is 4.02. The number of rotatable bonds is 5. The molecule has 66 valence electrons. The van der Waals surface area contributed by atoms with Crippen LogP contribution in [0.15, 0.2) is 0 Å². The number of hydrogen-bond donors (Lipinski definition) is 0. The summed E-state index contributed by atoms with van der Waals surface area (Å²) in [5.74, 6) is -0.848. The van der Waals surface area contributed by atoms with Crippen molar-refractivity contribution < 1.29 is 13.6 Å². The van der Waals surface area contributed by atoms with Crippen LogP contribution >= 0.6 is 0 Å². The molecular weight excluding hydrogens is 140 g/mol. The zero-order chi connectivity index (χ0) is 11.2. The molecule has 0 aromatic rings. The van der Waals surface area contributed by atoms with Gasteiger partial charge in [0.15, 0.2) is 0 Å². The summed E-state index contributed by atoms with van der Waals surface area (Å²) in [5, 5.41) is 0. The molecule has 0 aliphatic rings. The number of ether oxygens (including phenoxy) is 1. The van der Waals surface area contributed by atoms with Crippen LogP contribution < -0.4 is 0 Å². The van der Waals surface area contributed by atoms with Gasteiger partial charge in [-0.1, -0.05) is 26.7 Å². The fourth-order valence-electron chi connectivity index (χ4n) is 1.16. The van der Waals surface area contributed by atoms with Crippen LogP contribution in [0.4, 0.5) is 0 Å². The summed E-state index contributed by atoms with van der Waals surface area (Å²) in [6, 6.07) is 0. The SMILES string of the molecule is [2H]C([2H])([2H])OC(=O)C(CCC)CCC. The van der Waals surface area contributed by atoms with Gasteiger partial charge in [0.1, 0.15) is 0 Å². The summed E-state index contributed by atoms with van der Waals surface area (Å²) >= 11 is 0. The standard InChI is InChI=1S/C9H18O2/c1-4-6-8(7-5-2)9(10)11-3/h8H,4-7H2,1-3H3/i3D3. The first-order chi connectivity index (χ1) is 6.40. The van der Waals surface area contributed by atoms with Crippen LogP contribution in [0, 0.1) is 5.92 Å². The van der Waals surface area contributed by atoms with Gasteiger partial charge < -0.3 is 4.74 Å². The van der Waals surface area contributed by atoms with Gasteiger partial charge in [-0.3, -0.25) is 4.79 Å². The van der Waals surface area contributed by atoms with Gasteiger partial charge in [-0.05, 0) is 12.8 Å². The fraction of sp³-hybridized carbons (Fsp3) is 0.889. The van der Waals surface area contributed by atoms with Gasteiger partial charge >= 0.3 is 5.97 Å². The van der Waals surface area contributed by atoms with Crippen LogP contribution in [0.25, 0.3) is 0 Å². The first-order valence-corrected chi connectivity index (χ1v) is 4.13. The predicted molar refractivity (Wildman–Crippen MR) is 45.3 cm³/mol. The fourth-order valence-corrected chi connectivity index (χ4v) is 1.16. The molecule has 0 spiro atoms. The quantitative estimate of drug-likeness (QED) is 0.579. The number of hydrogen-bond acceptors (Lipinski definition) is 2.